The van der Waals surface area contributed by atoms with E-state index in [4.69, 9.17) is 5.73 Å². The van der Waals surface area contributed by atoms with E-state index in [0.717, 1.165) is 0 Å². The molecular weight excluding hydrogens is 156 g/mol. The molecule has 1 heterocycles. The fourth-order valence-electron chi connectivity index (χ4n) is 0.917. The predicted octanol–water partition coefficient (Wildman–Crippen LogP) is 0.0353. The van der Waals surface area contributed by atoms with Crippen molar-refractivity contribution in [2.75, 3.05) is 0 Å². The van der Waals surface area contributed by atoms with E-state index in [-0.39, 0.29) is 5.91 Å². The van der Waals surface area contributed by atoms with Crippen LogP contribution in [-0.4, -0.2) is 18.0 Å². The summed E-state index contributed by atoms with van der Waals surface area (Å²) in [6.45, 7) is 3.38. The Labute approximate surface area is 70.2 Å². The highest BCUT2D eigenvalue weighted by Gasteiger charge is 2.28. The average Bonchev–Trinajstić information content (AvgIpc) is 1.94. The standard InChI is InChI=1S/C8H10N2O2/c1-8(2)3-5(6(9)11)4-10-7(8)12/h3-4H,1-2H3,(H2,9,11). The van der Waals surface area contributed by atoms with Crippen molar-refractivity contribution < 1.29 is 9.59 Å². The monoisotopic (exact) mass is 166 g/mol. The van der Waals surface area contributed by atoms with Crippen molar-refractivity contribution >= 4 is 18.0 Å². The number of carbonyl (C=O) groups excluding carboxylic acids is 2. The van der Waals surface area contributed by atoms with E-state index >= 15 is 0 Å². The molecule has 12 heavy (non-hydrogen) atoms. The van der Waals surface area contributed by atoms with Crippen molar-refractivity contribution in [3.05, 3.63) is 11.6 Å². The number of carbonyl (C=O) groups is 2. The maximum absolute atomic E-state index is 11.1. The summed E-state index contributed by atoms with van der Waals surface area (Å²) in [5.41, 5.74) is 4.61. The van der Waals surface area contributed by atoms with E-state index < -0.39 is 11.3 Å². The third kappa shape index (κ3) is 1.42. The molecule has 0 saturated carbocycles. The molecule has 0 radical (unpaired) electrons. The summed E-state index contributed by atoms with van der Waals surface area (Å²) < 4.78 is 0. The van der Waals surface area contributed by atoms with Gasteiger partial charge in [0.2, 0.25) is 5.91 Å². The highest BCUT2D eigenvalue weighted by molar-refractivity contribution is 6.16. The molecule has 0 unspecified atom stereocenters. The number of amides is 2. The van der Waals surface area contributed by atoms with Gasteiger partial charge in [-0.15, -0.1) is 0 Å². The number of rotatable bonds is 1. The minimum absolute atomic E-state index is 0.257. The van der Waals surface area contributed by atoms with Gasteiger partial charge in [-0.25, -0.2) is 4.99 Å². The molecule has 0 aliphatic carbocycles. The Morgan fingerprint density at radius 3 is 2.58 bits per heavy atom. The number of aliphatic imine (C=N–C) groups is 1. The van der Waals surface area contributed by atoms with Gasteiger partial charge in [-0.2, -0.15) is 0 Å². The Balaban J connectivity index is 3.05. The minimum Gasteiger partial charge on any atom is -0.366 e. The molecule has 1 rings (SSSR count). The second-order valence-corrected chi connectivity index (χ2v) is 3.25. The Morgan fingerprint density at radius 1 is 1.58 bits per heavy atom. The minimum atomic E-state index is -0.709. The Hall–Kier alpha value is -1.45. The van der Waals surface area contributed by atoms with Crippen LogP contribution in [0.3, 0.4) is 0 Å². The van der Waals surface area contributed by atoms with Gasteiger partial charge in [0, 0.05) is 6.21 Å². The third-order valence-corrected chi connectivity index (χ3v) is 1.67. The lowest BCUT2D eigenvalue weighted by molar-refractivity contribution is -0.123. The Morgan fingerprint density at radius 2 is 2.17 bits per heavy atom. The van der Waals surface area contributed by atoms with Crippen LogP contribution >= 0.6 is 0 Å². The molecular formula is C8H10N2O2. The van der Waals surface area contributed by atoms with Crippen LogP contribution in [-0.2, 0) is 9.59 Å². The van der Waals surface area contributed by atoms with E-state index in [1.54, 1.807) is 13.8 Å². The Kier molecular flexibility index (Phi) is 1.84. The number of nitrogens with two attached hydrogens (primary N) is 1. The first-order valence-corrected chi connectivity index (χ1v) is 3.54. The summed E-state index contributed by atoms with van der Waals surface area (Å²) in [5, 5.41) is 0. The van der Waals surface area contributed by atoms with Crippen molar-refractivity contribution in [1.29, 1.82) is 0 Å². The molecule has 0 aromatic rings. The SMILES string of the molecule is CC1(C)C=C(C(N)=O)C=NC1=O. The molecule has 2 N–H and O–H groups in total. The molecule has 0 fully saturated rings. The van der Waals surface area contributed by atoms with Crippen LogP contribution in [0, 0.1) is 5.41 Å². The zero-order valence-electron chi connectivity index (χ0n) is 7.00. The molecule has 4 heteroatoms. The maximum Gasteiger partial charge on any atom is 0.255 e. The number of primary amides is 1. The summed E-state index contributed by atoms with van der Waals surface area (Å²) in [7, 11) is 0. The van der Waals surface area contributed by atoms with Crippen LogP contribution in [0.1, 0.15) is 13.8 Å². The van der Waals surface area contributed by atoms with Gasteiger partial charge in [0.1, 0.15) is 0 Å². The van der Waals surface area contributed by atoms with Crippen LogP contribution in [0.15, 0.2) is 16.6 Å². The van der Waals surface area contributed by atoms with Gasteiger partial charge < -0.3 is 5.73 Å². The summed E-state index contributed by atoms with van der Waals surface area (Å²) in [5.74, 6) is -0.813. The summed E-state index contributed by atoms with van der Waals surface area (Å²) >= 11 is 0. The highest BCUT2D eigenvalue weighted by Crippen LogP contribution is 2.23. The fraction of sp³-hybridized carbons (Fsp3) is 0.375. The van der Waals surface area contributed by atoms with Gasteiger partial charge in [0.25, 0.3) is 5.91 Å². The van der Waals surface area contributed by atoms with Gasteiger partial charge >= 0.3 is 0 Å². The predicted molar refractivity (Wildman–Crippen MR) is 44.6 cm³/mol. The van der Waals surface area contributed by atoms with Crippen LogP contribution in [0.25, 0.3) is 0 Å². The first-order chi connectivity index (χ1) is 5.43. The molecule has 64 valence electrons. The molecule has 1 aliphatic heterocycles. The smallest absolute Gasteiger partial charge is 0.255 e. The van der Waals surface area contributed by atoms with Crippen molar-refractivity contribution in [3.63, 3.8) is 0 Å². The largest absolute Gasteiger partial charge is 0.366 e. The second kappa shape index (κ2) is 2.55. The third-order valence-electron chi connectivity index (χ3n) is 1.67. The van der Waals surface area contributed by atoms with Gasteiger partial charge in [-0.05, 0) is 13.8 Å². The van der Waals surface area contributed by atoms with Crippen molar-refractivity contribution in [1.82, 2.24) is 0 Å². The molecule has 1 aliphatic rings. The van der Waals surface area contributed by atoms with Crippen molar-refractivity contribution in [3.8, 4) is 0 Å². The first-order valence-electron chi connectivity index (χ1n) is 3.54. The average molecular weight is 166 g/mol. The van der Waals surface area contributed by atoms with Crippen LogP contribution in [0.4, 0.5) is 0 Å². The molecule has 0 bridgehead atoms. The number of dihydropyridines is 1. The number of hydrogen-bond acceptors (Lipinski definition) is 2. The van der Waals surface area contributed by atoms with Crippen molar-refractivity contribution in [2.45, 2.75) is 13.8 Å². The van der Waals surface area contributed by atoms with Crippen molar-refractivity contribution in [2.24, 2.45) is 16.1 Å². The summed E-state index contributed by atoms with van der Waals surface area (Å²) in [6.07, 6.45) is 2.74. The molecule has 2 amide bonds. The number of nitrogens with zero attached hydrogens (tertiary/aromatic N) is 1. The van der Waals surface area contributed by atoms with Crippen LogP contribution in [0.5, 0.6) is 0 Å². The zero-order valence-corrected chi connectivity index (χ0v) is 7.00. The molecule has 0 spiro atoms. The van der Waals surface area contributed by atoms with Crippen LogP contribution < -0.4 is 5.73 Å². The quantitative estimate of drug-likeness (QED) is 0.597. The fourth-order valence-corrected chi connectivity index (χ4v) is 0.917. The lowest BCUT2D eigenvalue weighted by atomic mass is 9.88. The van der Waals surface area contributed by atoms with E-state index in [0.29, 0.717) is 5.57 Å². The normalized spacial score (nSPS) is 20.5. The van der Waals surface area contributed by atoms with E-state index in [1.807, 2.05) is 0 Å². The van der Waals surface area contributed by atoms with Gasteiger partial charge in [0.15, 0.2) is 0 Å². The van der Waals surface area contributed by atoms with E-state index in [2.05, 4.69) is 4.99 Å². The lowest BCUT2D eigenvalue weighted by Crippen LogP contribution is -2.28. The second-order valence-electron chi connectivity index (χ2n) is 3.25. The number of hydrogen-bond donors (Lipinski definition) is 1. The van der Waals surface area contributed by atoms with Gasteiger partial charge in [-0.3, -0.25) is 9.59 Å². The molecule has 0 aromatic heterocycles. The van der Waals surface area contributed by atoms with Crippen LogP contribution in [0.2, 0.25) is 0 Å². The topological polar surface area (TPSA) is 72.5 Å². The summed E-state index contributed by atoms with van der Waals surface area (Å²) in [4.78, 5) is 25.3. The van der Waals surface area contributed by atoms with Gasteiger partial charge in [-0.1, -0.05) is 6.08 Å². The maximum atomic E-state index is 11.1. The van der Waals surface area contributed by atoms with Gasteiger partial charge in [0.05, 0.1) is 11.0 Å². The highest BCUT2D eigenvalue weighted by atomic mass is 16.2. The van der Waals surface area contributed by atoms with E-state index in [1.165, 1.54) is 12.3 Å². The molecule has 0 atom stereocenters. The lowest BCUT2D eigenvalue weighted by Gasteiger charge is -2.19. The molecule has 0 saturated heterocycles. The Bertz CT molecular complexity index is 300. The zero-order chi connectivity index (χ0) is 9.35. The van der Waals surface area contributed by atoms with E-state index in [9.17, 15) is 9.59 Å². The molecule has 4 nitrogen and oxygen atoms in total. The molecule has 0 aromatic carbocycles. The first kappa shape index (κ1) is 8.64. The summed E-state index contributed by atoms with van der Waals surface area (Å²) in [6, 6.07) is 0.